The van der Waals surface area contributed by atoms with Gasteiger partial charge in [0.25, 0.3) is 5.56 Å². The summed E-state index contributed by atoms with van der Waals surface area (Å²) in [4.78, 5) is 32.0. The molecule has 1 aliphatic rings. The molecule has 3 heterocycles. The molecule has 10 heteroatoms. The summed E-state index contributed by atoms with van der Waals surface area (Å²) in [6, 6.07) is 6.01. The van der Waals surface area contributed by atoms with E-state index in [0.29, 0.717) is 30.8 Å². The van der Waals surface area contributed by atoms with Crippen LogP contribution in [0, 0.1) is 5.82 Å². The van der Waals surface area contributed by atoms with Crippen molar-refractivity contribution in [2.45, 2.75) is 26.0 Å². The first-order valence-electron chi connectivity index (χ1n) is 11.0. The summed E-state index contributed by atoms with van der Waals surface area (Å²) in [6.45, 7) is 2.56. The molecular weight excluding hydrogens is 445 g/mol. The molecule has 0 unspecified atom stereocenters. The lowest BCUT2D eigenvalue weighted by molar-refractivity contribution is 0.0518. The number of hydrogen-bond donors (Lipinski definition) is 2. The number of halogens is 1. The lowest BCUT2D eigenvalue weighted by atomic mass is 10.0. The number of carbonyl (C=O) groups is 1. The molecule has 34 heavy (non-hydrogen) atoms. The Morgan fingerprint density at radius 3 is 2.76 bits per heavy atom. The van der Waals surface area contributed by atoms with E-state index in [-0.39, 0.29) is 36.6 Å². The molecule has 1 aliphatic heterocycles. The van der Waals surface area contributed by atoms with E-state index < -0.39 is 28.9 Å². The highest BCUT2D eigenvalue weighted by atomic mass is 19.1. The second-order valence-electron chi connectivity index (χ2n) is 8.20. The predicted molar refractivity (Wildman–Crippen MR) is 122 cm³/mol. The van der Waals surface area contributed by atoms with Crippen LogP contribution >= 0.6 is 0 Å². The molecule has 1 aromatic carbocycles. The van der Waals surface area contributed by atoms with Crippen LogP contribution in [0.1, 0.15) is 28.4 Å². The van der Waals surface area contributed by atoms with E-state index in [2.05, 4.69) is 4.98 Å². The summed E-state index contributed by atoms with van der Waals surface area (Å²) in [7, 11) is 1.82. The fourth-order valence-electron chi connectivity index (χ4n) is 4.15. The molecule has 0 bridgehead atoms. The molecule has 180 valence electrons. The number of pyridine rings is 2. The number of aliphatic hydroxyl groups excluding tert-OH is 1. The number of rotatable bonds is 8. The van der Waals surface area contributed by atoms with E-state index in [9.17, 15) is 24.2 Å². The molecular formula is C24H26FN3O6. The van der Waals surface area contributed by atoms with Gasteiger partial charge in [0.15, 0.2) is 17.1 Å². The largest absolute Gasteiger partial charge is 0.505 e. The van der Waals surface area contributed by atoms with E-state index in [1.807, 2.05) is 11.9 Å². The molecule has 2 N–H and O–H groups in total. The Labute approximate surface area is 195 Å². The summed E-state index contributed by atoms with van der Waals surface area (Å²) in [6.07, 6.45) is 1.40. The van der Waals surface area contributed by atoms with Crippen molar-refractivity contribution in [3.8, 4) is 11.5 Å². The van der Waals surface area contributed by atoms with Crippen LogP contribution in [0.25, 0.3) is 11.0 Å². The number of esters is 1. The Bertz CT molecular complexity index is 1270. The maximum absolute atomic E-state index is 13.4. The lowest BCUT2D eigenvalue weighted by Gasteiger charge is -2.32. The van der Waals surface area contributed by atoms with Gasteiger partial charge in [-0.05, 0) is 31.7 Å². The number of aromatic nitrogens is 2. The molecule has 0 aliphatic carbocycles. The first-order chi connectivity index (χ1) is 16.3. The van der Waals surface area contributed by atoms with Gasteiger partial charge in [0.2, 0.25) is 0 Å². The van der Waals surface area contributed by atoms with Gasteiger partial charge in [-0.3, -0.25) is 14.3 Å². The van der Waals surface area contributed by atoms with Crippen molar-refractivity contribution >= 4 is 17.0 Å². The summed E-state index contributed by atoms with van der Waals surface area (Å²) in [5, 5.41) is 20.0. The first kappa shape index (κ1) is 23.7. The zero-order valence-corrected chi connectivity index (χ0v) is 19.0. The van der Waals surface area contributed by atoms with Crippen LogP contribution in [-0.4, -0.2) is 70.1 Å². The van der Waals surface area contributed by atoms with Crippen LogP contribution < -0.4 is 10.3 Å². The fraction of sp³-hybridized carbons (Fsp3) is 0.375. The number of ether oxygens (including phenoxy) is 2. The third-order valence-corrected chi connectivity index (χ3v) is 5.73. The quantitative estimate of drug-likeness (QED) is 0.477. The van der Waals surface area contributed by atoms with E-state index in [1.54, 1.807) is 19.1 Å². The topological polar surface area (TPSA) is 114 Å². The standard InChI is InChI=1S/C24H26FN3O6/c1-3-33-24(32)18-21(30)19-20-22(15(11-26-19)10-14-4-6-16(25)7-5-14)34-17(12-27(2)8-9-29)13-28(20)23(18)31/h4-7,11,17,29-30H,3,8-10,12-13H2,1-2H3/t17-/m1/s1. The summed E-state index contributed by atoms with van der Waals surface area (Å²) >= 11 is 0. The highest BCUT2D eigenvalue weighted by Gasteiger charge is 2.32. The van der Waals surface area contributed by atoms with E-state index in [1.165, 1.54) is 22.9 Å². The average molecular weight is 471 g/mol. The fourth-order valence-corrected chi connectivity index (χ4v) is 4.15. The van der Waals surface area contributed by atoms with Crippen molar-refractivity contribution in [2.75, 3.05) is 33.4 Å². The van der Waals surface area contributed by atoms with Gasteiger partial charge in [-0.25, -0.2) is 9.18 Å². The molecule has 1 atom stereocenters. The van der Waals surface area contributed by atoms with Crippen molar-refractivity contribution in [2.24, 2.45) is 0 Å². The molecule has 0 radical (unpaired) electrons. The van der Waals surface area contributed by atoms with E-state index in [4.69, 9.17) is 9.47 Å². The van der Waals surface area contributed by atoms with Crippen LogP contribution in [0.5, 0.6) is 11.5 Å². The van der Waals surface area contributed by atoms with Gasteiger partial charge in [0, 0.05) is 31.3 Å². The first-order valence-corrected chi connectivity index (χ1v) is 11.0. The number of hydrogen-bond acceptors (Lipinski definition) is 8. The van der Waals surface area contributed by atoms with Gasteiger partial charge >= 0.3 is 5.97 Å². The van der Waals surface area contributed by atoms with Gasteiger partial charge in [0.1, 0.15) is 23.0 Å². The minimum Gasteiger partial charge on any atom is -0.505 e. The summed E-state index contributed by atoms with van der Waals surface area (Å²) in [5.74, 6) is -1.46. The summed E-state index contributed by atoms with van der Waals surface area (Å²) < 4.78 is 26.0. The van der Waals surface area contributed by atoms with Crippen LogP contribution in [0.3, 0.4) is 0 Å². The molecule has 2 aromatic heterocycles. The van der Waals surface area contributed by atoms with Gasteiger partial charge in [-0.15, -0.1) is 0 Å². The zero-order valence-electron chi connectivity index (χ0n) is 19.0. The molecule has 0 saturated carbocycles. The monoisotopic (exact) mass is 471 g/mol. The minimum absolute atomic E-state index is 0.0318. The van der Waals surface area contributed by atoms with Crippen molar-refractivity contribution in [1.82, 2.24) is 14.5 Å². The number of aromatic hydroxyl groups is 1. The van der Waals surface area contributed by atoms with Crippen molar-refractivity contribution in [1.29, 1.82) is 0 Å². The Morgan fingerprint density at radius 2 is 2.09 bits per heavy atom. The molecule has 0 spiro atoms. The number of nitrogens with zero attached hydrogens (tertiary/aromatic N) is 3. The molecule has 0 fully saturated rings. The maximum Gasteiger partial charge on any atom is 0.347 e. The number of aliphatic hydroxyl groups is 1. The van der Waals surface area contributed by atoms with E-state index in [0.717, 1.165) is 5.56 Å². The van der Waals surface area contributed by atoms with Gasteiger partial charge in [-0.1, -0.05) is 12.1 Å². The van der Waals surface area contributed by atoms with Crippen LogP contribution in [0.2, 0.25) is 0 Å². The number of benzene rings is 1. The van der Waals surface area contributed by atoms with E-state index >= 15 is 0 Å². The molecule has 4 rings (SSSR count). The average Bonchev–Trinajstić information content (AvgIpc) is 2.80. The van der Waals surface area contributed by atoms with Crippen molar-refractivity contribution in [3.63, 3.8) is 0 Å². The lowest BCUT2D eigenvalue weighted by Crippen LogP contribution is -2.43. The van der Waals surface area contributed by atoms with Gasteiger partial charge < -0.3 is 24.6 Å². The predicted octanol–water partition coefficient (Wildman–Crippen LogP) is 1.69. The Hall–Kier alpha value is -3.50. The Balaban J connectivity index is 1.87. The Kier molecular flexibility index (Phi) is 6.80. The van der Waals surface area contributed by atoms with Crippen LogP contribution in [-0.2, 0) is 17.7 Å². The minimum atomic E-state index is -0.921. The molecule has 0 saturated heterocycles. The summed E-state index contributed by atoms with van der Waals surface area (Å²) in [5.41, 5.74) is 0.638. The Morgan fingerprint density at radius 1 is 1.35 bits per heavy atom. The van der Waals surface area contributed by atoms with Crippen molar-refractivity contribution < 1.29 is 28.9 Å². The number of likely N-dealkylation sites (N-methyl/N-ethyl adjacent to an activating group) is 1. The number of carbonyl (C=O) groups excluding carboxylic acids is 1. The second kappa shape index (κ2) is 9.78. The smallest absolute Gasteiger partial charge is 0.347 e. The van der Waals surface area contributed by atoms with Crippen LogP contribution in [0.4, 0.5) is 4.39 Å². The van der Waals surface area contributed by atoms with Gasteiger partial charge in [0.05, 0.1) is 19.8 Å². The highest BCUT2D eigenvalue weighted by molar-refractivity contribution is 6.00. The second-order valence-corrected chi connectivity index (χ2v) is 8.20. The van der Waals surface area contributed by atoms with Crippen LogP contribution in [0.15, 0.2) is 35.3 Å². The maximum atomic E-state index is 13.4. The molecule has 3 aromatic rings. The SMILES string of the molecule is CCOC(=O)c1c(O)c2ncc(Cc3ccc(F)cc3)c3c2n(c1=O)C[C@@H](CN(C)CCO)O3. The van der Waals surface area contributed by atoms with Gasteiger partial charge in [-0.2, -0.15) is 0 Å². The normalized spacial score (nSPS) is 14.9. The molecule has 0 amide bonds. The third kappa shape index (κ3) is 4.46. The zero-order chi connectivity index (χ0) is 24.4. The highest BCUT2D eigenvalue weighted by Crippen LogP contribution is 2.37. The molecule has 9 nitrogen and oxygen atoms in total. The third-order valence-electron chi connectivity index (χ3n) is 5.73. The van der Waals surface area contributed by atoms with Crippen molar-refractivity contribution in [3.05, 3.63) is 63.3 Å².